The van der Waals surface area contributed by atoms with Gasteiger partial charge in [0.05, 0.1) is 22.2 Å². The maximum atomic E-state index is 14.0. The molecule has 0 aliphatic carbocycles. The highest BCUT2D eigenvalue weighted by Crippen LogP contribution is 2.39. The van der Waals surface area contributed by atoms with Gasteiger partial charge in [-0.15, -0.1) is 11.3 Å². The molecule has 2 aromatic carbocycles. The molecule has 1 aliphatic heterocycles. The second-order valence-corrected chi connectivity index (χ2v) is 9.28. The number of nitrogens with one attached hydrogen (secondary N) is 1. The van der Waals surface area contributed by atoms with Crippen LogP contribution < -0.4 is 10.2 Å². The molecule has 1 aliphatic rings. The van der Waals surface area contributed by atoms with E-state index in [0.717, 1.165) is 21.7 Å². The van der Waals surface area contributed by atoms with Crippen LogP contribution in [-0.2, 0) is 0 Å². The average molecular weight is 477 g/mol. The van der Waals surface area contributed by atoms with Gasteiger partial charge in [-0.25, -0.2) is 4.39 Å². The zero-order chi connectivity index (χ0) is 23.1. The normalized spacial score (nSPS) is 16.3. The number of benzene rings is 2. The second kappa shape index (κ2) is 8.53. The molecule has 2 aromatic heterocycles. The Morgan fingerprint density at radius 1 is 1.06 bits per heavy atom. The van der Waals surface area contributed by atoms with Gasteiger partial charge in [-0.3, -0.25) is 4.90 Å². The molecule has 8 heteroatoms. The van der Waals surface area contributed by atoms with Crippen molar-refractivity contribution in [3.05, 3.63) is 94.1 Å². The number of hydrogen-bond donors (Lipinski definition) is 1. The topological polar surface area (TPSA) is 54.2 Å². The van der Waals surface area contributed by atoms with Gasteiger partial charge in [-0.05, 0) is 79.3 Å². The molecule has 4 aromatic rings. The van der Waals surface area contributed by atoms with Crippen molar-refractivity contribution in [3.8, 4) is 10.7 Å². The van der Waals surface area contributed by atoms with E-state index in [9.17, 15) is 4.39 Å². The first-order chi connectivity index (χ1) is 15.9. The summed E-state index contributed by atoms with van der Waals surface area (Å²) in [6.45, 7) is 6.10. The number of hydrogen-bond acceptors (Lipinski definition) is 5. The molecule has 5 nitrogen and oxygen atoms in total. The van der Waals surface area contributed by atoms with Gasteiger partial charge in [0, 0.05) is 5.70 Å². The smallest absolute Gasteiger partial charge is 0.258 e. The Hall–Kier alpha value is -3.36. The number of aryl methyl sites for hydroxylation is 2. The molecule has 1 atom stereocenters. The molecule has 0 saturated heterocycles. The summed E-state index contributed by atoms with van der Waals surface area (Å²) in [5.74, 6) is 0.596. The minimum Gasteiger partial charge on any atom is -0.351 e. The van der Waals surface area contributed by atoms with E-state index in [1.54, 1.807) is 22.3 Å². The summed E-state index contributed by atoms with van der Waals surface area (Å²) >= 11 is 7.28. The molecule has 1 N–H and O–H groups in total. The molecule has 0 fully saturated rings. The van der Waals surface area contributed by atoms with Crippen molar-refractivity contribution in [2.75, 3.05) is 4.90 Å². The average Bonchev–Trinajstić information content (AvgIpc) is 3.47. The van der Waals surface area contributed by atoms with E-state index in [1.807, 2.05) is 30.5 Å². The van der Waals surface area contributed by atoms with Crippen LogP contribution in [-0.4, -0.2) is 15.3 Å². The lowest BCUT2D eigenvalue weighted by Gasteiger charge is -2.37. The molecule has 1 unspecified atom stereocenters. The lowest BCUT2D eigenvalue weighted by Crippen LogP contribution is -2.46. The van der Waals surface area contributed by atoms with Crippen molar-refractivity contribution >= 4 is 39.9 Å². The van der Waals surface area contributed by atoms with Crippen LogP contribution in [0.25, 0.3) is 16.3 Å². The SMILES string of the molecule is CC1=C(c2nc(-c3cccs3)no2)C(c2ccc(C)c(C)c2)NC(=S)N1c1cccc(F)c1. The van der Waals surface area contributed by atoms with E-state index in [0.29, 0.717) is 22.5 Å². The monoisotopic (exact) mass is 476 g/mol. The van der Waals surface area contributed by atoms with Crippen LogP contribution in [0.4, 0.5) is 10.1 Å². The third kappa shape index (κ3) is 3.96. The van der Waals surface area contributed by atoms with Crippen molar-refractivity contribution < 1.29 is 8.91 Å². The Morgan fingerprint density at radius 2 is 1.91 bits per heavy atom. The van der Waals surface area contributed by atoms with E-state index in [4.69, 9.17) is 21.7 Å². The van der Waals surface area contributed by atoms with E-state index in [-0.39, 0.29) is 11.9 Å². The molecular formula is C25H21FN4OS2. The molecular weight excluding hydrogens is 455 g/mol. The Bertz CT molecular complexity index is 1380. The molecule has 166 valence electrons. The van der Waals surface area contributed by atoms with Crippen LogP contribution in [0.15, 0.2) is 70.2 Å². The van der Waals surface area contributed by atoms with Crippen molar-refractivity contribution in [1.29, 1.82) is 0 Å². The first-order valence-electron chi connectivity index (χ1n) is 10.4. The zero-order valence-electron chi connectivity index (χ0n) is 18.3. The van der Waals surface area contributed by atoms with Crippen molar-refractivity contribution in [2.24, 2.45) is 0 Å². The standard InChI is InChI=1S/C25H21FN4OS2/c1-14-9-10-17(12-15(14)2)22-21(24-28-23(29-31-24)20-8-5-11-33-20)16(3)30(25(32)27-22)19-7-4-6-18(26)13-19/h4-13,22H,1-3H3,(H,27,32). The van der Waals surface area contributed by atoms with E-state index < -0.39 is 0 Å². The Balaban J connectivity index is 1.68. The van der Waals surface area contributed by atoms with Crippen LogP contribution in [0, 0.1) is 19.7 Å². The lowest BCUT2D eigenvalue weighted by atomic mass is 9.92. The molecule has 0 radical (unpaired) electrons. The van der Waals surface area contributed by atoms with Gasteiger partial charge in [-0.1, -0.05) is 35.5 Å². The quantitative estimate of drug-likeness (QED) is 0.343. The summed E-state index contributed by atoms with van der Waals surface area (Å²) in [6, 6.07) is 16.3. The fourth-order valence-corrected chi connectivity index (χ4v) is 4.99. The van der Waals surface area contributed by atoms with Crippen LogP contribution in [0.5, 0.6) is 0 Å². The van der Waals surface area contributed by atoms with E-state index >= 15 is 0 Å². The Kier molecular flexibility index (Phi) is 5.55. The number of thiocarbonyl (C=S) groups is 1. The minimum atomic E-state index is -0.335. The summed E-state index contributed by atoms with van der Waals surface area (Å²) in [7, 11) is 0. The lowest BCUT2D eigenvalue weighted by molar-refractivity contribution is 0.404. The minimum absolute atomic E-state index is 0.293. The van der Waals surface area contributed by atoms with Gasteiger partial charge in [0.2, 0.25) is 5.82 Å². The fourth-order valence-electron chi connectivity index (χ4n) is 3.98. The molecule has 5 rings (SSSR count). The third-order valence-electron chi connectivity index (χ3n) is 5.81. The van der Waals surface area contributed by atoms with Gasteiger partial charge in [0.15, 0.2) is 5.11 Å². The number of allylic oxidation sites excluding steroid dienone is 1. The number of rotatable bonds is 4. The molecule has 0 spiro atoms. The first kappa shape index (κ1) is 21.5. The molecule has 3 heterocycles. The van der Waals surface area contributed by atoms with Gasteiger partial charge in [0.25, 0.3) is 5.89 Å². The van der Waals surface area contributed by atoms with Crippen LogP contribution in [0.1, 0.15) is 35.5 Å². The Labute approximate surface area is 200 Å². The maximum Gasteiger partial charge on any atom is 0.258 e. The molecule has 0 amide bonds. The first-order valence-corrected chi connectivity index (χ1v) is 11.7. The predicted octanol–water partition coefficient (Wildman–Crippen LogP) is 6.42. The number of halogens is 1. The number of thiophene rings is 1. The highest BCUT2D eigenvalue weighted by atomic mass is 32.1. The second-order valence-electron chi connectivity index (χ2n) is 7.94. The van der Waals surface area contributed by atoms with Crippen molar-refractivity contribution in [3.63, 3.8) is 0 Å². The van der Waals surface area contributed by atoms with Gasteiger partial charge >= 0.3 is 0 Å². The van der Waals surface area contributed by atoms with Gasteiger partial charge in [-0.2, -0.15) is 4.98 Å². The summed E-state index contributed by atoms with van der Waals surface area (Å²) in [5.41, 5.74) is 5.64. The van der Waals surface area contributed by atoms with Crippen molar-refractivity contribution in [2.45, 2.75) is 26.8 Å². The fraction of sp³-hybridized carbons (Fsp3) is 0.160. The predicted molar refractivity (Wildman–Crippen MR) is 133 cm³/mol. The Morgan fingerprint density at radius 3 is 2.64 bits per heavy atom. The summed E-state index contributed by atoms with van der Waals surface area (Å²) in [4.78, 5) is 7.43. The zero-order valence-corrected chi connectivity index (χ0v) is 19.9. The van der Waals surface area contributed by atoms with E-state index in [1.165, 1.54) is 23.3 Å². The van der Waals surface area contributed by atoms with Gasteiger partial charge < -0.3 is 9.84 Å². The summed E-state index contributed by atoms with van der Waals surface area (Å²) < 4.78 is 19.8. The molecule has 0 saturated carbocycles. The van der Waals surface area contributed by atoms with E-state index in [2.05, 4.69) is 42.5 Å². The third-order valence-corrected chi connectivity index (χ3v) is 6.98. The number of anilines is 1. The largest absolute Gasteiger partial charge is 0.351 e. The van der Waals surface area contributed by atoms with Crippen LogP contribution >= 0.6 is 23.6 Å². The molecule has 0 bridgehead atoms. The summed E-state index contributed by atoms with van der Waals surface area (Å²) in [6.07, 6.45) is 0. The number of nitrogens with zero attached hydrogens (tertiary/aromatic N) is 3. The maximum absolute atomic E-state index is 14.0. The van der Waals surface area contributed by atoms with Crippen LogP contribution in [0.3, 0.4) is 0 Å². The van der Waals surface area contributed by atoms with Crippen LogP contribution in [0.2, 0.25) is 0 Å². The van der Waals surface area contributed by atoms with Crippen molar-refractivity contribution in [1.82, 2.24) is 15.5 Å². The summed E-state index contributed by atoms with van der Waals surface area (Å²) in [5, 5.41) is 10.1. The molecule has 33 heavy (non-hydrogen) atoms. The van der Waals surface area contributed by atoms with Gasteiger partial charge in [0.1, 0.15) is 5.82 Å². The highest BCUT2D eigenvalue weighted by molar-refractivity contribution is 7.80. The number of aromatic nitrogens is 2. The highest BCUT2D eigenvalue weighted by Gasteiger charge is 2.35.